The maximum absolute atomic E-state index is 10.0. The molecule has 0 radical (unpaired) electrons. The van der Waals surface area contributed by atoms with E-state index in [0.29, 0.717) is 51.9 Å². The summed E-state index contributed by atoms with van der Waals surface area (Å²) in [4.78, 5) is 40.1. The molecule has 16 N–H and O–H groups in total. The van der Waals surface area contributed by atoms with Gasteiger partial charge in [-0.1, -0.05) is 25.7 Å². The Morgan fingerprint density at radius 2 is 0.524 bits per heavy atom. The second kappa shape index (κ2) is 41.1. The van der Waals surface area contributed by atoms with Gasteiger partial charge in [0, 0.05) is 24.2 Å². The molecule has 0 aromatic carbocycles. The van der Waals surface area contributed by atoms with E-state index in [9.17, 15) is 39.6 Å². The maximum atomic E-state index is 10.0. The molecule has 0 saturated carbocycles. The van der Waals surface area contributed by atoms with Crippen LogP contribution in [0.15, 0.2) is 0 Å². The average molecular weight is 661 g/mol. The fourth-order valence-electron chi connectivity index (χ4n) is 2.51. The summed E-state index contributed by atoms with van der Waals surface area (Å²) >= 11 is 0. The van der Waals surface area contributed by atoms with E-state index in [-0.39, 0.29) is 75.5 Å². The summed E-state index contributed by atoms with van der Waals surface area (Å²) in [6.07, 6.45) is 8.14. The van der Waals surface area contributed by atoms with Gasteiger partial charge in [0.05, 0.1) is 23.9 Å². The molecule has 18 heteroatoms. The Morgan fingerprint density at radius 3 is 0.619 bits per heavy atom. The molecule has 0 aliphatic carbocycles. The van der Waals surface area contributed by atoms with Crippen LogP contribution < -0.4 is 66.3 Å². The van der Waals surface area contributed by atoms with Crippen LogP contribution in [0.25, 0.3) is 0 Å². The number of hydrogen-bond donors (Lipinski definition) is 8. The largest absolute Gasteiger partial charge is 2.00 e. The zero-order valence-corrected chi connectivity index (χ0v) is 29.3. The van der Waals surface area contributed by atoms with E-state index in [1.807, 2.05) is 0 Å². The first-order chi connectivity index (χ1) is 18.7. The van der Waals surface area contributed by atoms with Crippen molar-refractivity contribution in [2.24, 2.45) is 45.9 Å². The topological polar surface area (TPSA) is 369 Å². The number of hydrogen-bond acceptors (Lipinski definition) is 16. The predicted molar refractivity (Wildman–Crippen MR) is 155 cm³/mol. The van der Waals surface area contributed by atoms with Crippen molar-refractivity contribution in [3.05, 3.63) is 0 Å². The third kappa shape index (κ3) is 47.0. The smallest absolute Gasteiger partial charge is 0.548 e. The Labute approximate surface area is 309 Å². The summed E-state index contributed by atoms with van der Waals surface area (Å²) < 4.78 is 0. The van der Waals surface area contributed by atoms with Crippen molar-refractivity contribution in [3.63, 3.8) is 0 Å². The molecule has 0 amide bonds. The zero-order valence-electron chi connectivity index (χ0n) is 24.9. The average Bonchev–Trinajstić information content (AvgIpc) is 2.89. The first kappa shape index (κ1) is 54.6. The third-order valence-corrected chi connectivity index (χ3v) is 5.09. The van der Waals surface area contributed by atoms with Crippen LogP contribution in [-0.4, -0.2) is 150 Å². The molecule has 0 aromatic rings. The molecule has 0 unspecified atom stereocenters. The number of aliphatic carboxylic acids is 4. The van der Waals surface area contributed by atoms with Crippen LogP contribution in [0.5, 0.6) is 0 Å². The Kier molecular flexibility index (Phi) is 53.4. The molecule has 0 saturated heterocycles. The number of carbonyl (C=O) groups is 4. The predicted octanol–water partition coefficient (Wildman–Crippen LogP) is -7.99. The van der Waals surface area contributed by atoms with Crippen molar-refractivity contribution in [1.29, 1.82) is 0 Å². The zero-order chi connectivity index (χ0) is 31.9. The van der Waals surface area contributed by atoms with Gasteiger partial charge in [-0.3, -0.25) is 0 Å². The summed E-state index contributed by atoms with van der Waals surface area (Å²) in [5, 5.41) is 40.1. The fraction of sp³-hybridized carbons (Fsp3) is 0.833. The van der Waals surface area contributed by atoms with Crippen molar-refractivity contribution >= 4 is 99.4 Å². The minimum Gasteiger partial charge on any atom is -0.548 e. The van der Waals surface area contributed by atoms with E-state index >= 15 is 0 Å². The Hall–Kier alpha value is 0.0795. The first-order valence-corrected chi connectivity index (χ1v) is 13.4. The fourth-order valence-corrected chi connectivity index (χ4v) is 2.51. The second-order valence-corrected chi connectivity index (χ2v) is 8.84. The Bertz CT molecular complexity index is 539. The number of carboxylic acid groups (broad SMARTS) is 4. The van der Waals surface area contributed by atoms with Crippen molar-refractivity contribution in [2.45, 2.75) is 101 Å². The standard InChI is InChI=1S/4C6H14N2O2.2Ca/c4*7-4-2-1-3-5(8)6(9)10;;/h4*5H,1-4,7-8H2,(H,9,10);;/q;;;;2*+2/p-4/t4*5-;;/m0000../s1. The molecular weight excluding hydrogens is 608 g/mol. The van der Waals surface area contributed by atoms with E-state index < -0.39 is 48.0 Å². The monoisotopic (exact) mass is 660 g/mol. The number of carbonyl (C=O) groups excluding carboxylic acids is 4. The van der Waals surface area contributed by atoms with Gasteiger partial charge in [0.25, 0.3) is 0 Å². The van der Waals surface area contributed by atoms with Crippen LogP contribution in [-0.2, 0) is 19.2 Å². The molecule has 16 nitrogen and oxygen atoms in total. The van der Waals surface area contributed by atoms with Crippen LogP contribution in [0.4, 0.5) is 0 Å². The molecule has 0 bridgehead atoms. The van der Waals surface area contributed by atoms with Crippen LogP contribution in [0.3, 0.4) is 0 Å². The van der Waals surface area contributed by atoms with Gasteiger partial charge in [-0.05, 0) is 77.5 Å². The van der Waals surface area contributed by atoms with E-state index in [1.165, 1.54) is 0 Å². The van der Waals surface area contributed by atoms with Gasteiger partial charge in [-0.15, -0.1) is 0 Å². The molecule has 0 fully saturated rings. The number of nitrogens with two attached hydrogens (primary N) is 8. The summed E-state index contributed by atoms with van der Waals surface area (Å²) in [5.74, 6) is -4.73. The molecule has 240 valence electrons. The van der Waals surface area contributed by atoms with Gasteiger partial charge >= 0.3 is 75.5 Å². The first-order valence-electron chi connectivity index (χ1n) is 13.4. The van der Waals surface area contributed by atoms with Crippen molar-refractivity contribution in [1.82, 2.24) is 0 Å². The SMILES string of the molecule is NCCCC[C@H](N)C(=O)[O-].NCCCC[C@H](N)C(=O)[O-].NCCCC[C@H](N)C(=O)[O-].NCCCC[C@H](N)C(=O)[O-].[Ca+2].[Ca+2]. The van der Waals surface area contributed by atoms with E-state index in [1.54, 1.807) is 0 Å². The summed E-state index contributed by atoms with van der Waals surface area (Å²) in [6, 6.07) is -3.31. The van der Waals surface area contributed by atoms with Crippen molar-refractivity contribution < 1.29 is 39.6 Å². The van der Waals surface area contributed by atoms with Gasteiger partial charge < -0.3 is 85.5 Å². The van der Waals surface area contributed by atoms with Crippen LogP contribution >= 0.6 is 0 Å². The number of unbranched alkanes of at least 4 members (excludes halogenated alkanes) is 4. The van der Waals surface area contributed by atoms with E-state index in [2.05, 4.69) is 0 Å². The molecule has 0 aromatic heterocycles. The minimum absolute atomic E-state index is 0. The van der Waals surface area contributed by atoms with E-state index in [0.717, 1.165) is 51.4 Å². The van der Waals surface area contributed by atoms with Crippen molar-refractivity contribution in [3.8, 4) is 0 Å². The third-order valence-electron chi connectivity index (χ3n) is 5.09. The second-order valence-electron chi connectivity index (χ2n) is 8.84. The Balaban J connectivity index is -0.000000101. The van der Waals surface area contributed by atoms with Gasteiger partial charge in [0.2, 0.25) is 0 Å². The summed E-state index contributed by atoms with van der Waals surface area (Å²) in [6.45, 7) is 2.33. The van der Waals surface area contributed by atoms with Crippen LogP contribution in [0.1, 0.15) is 77.0 Å². The van der Waals surface area contributed by atoms with Gasteiger partial charge in [0.15, 0.2) is 0 Å². The van der Waals surface area contributed by atoms with Gasteiger partial charge in [0.1, 0.15) is 0 Å². The van der Waals surface area contributed by atoms with Crippen LogP contribution in [0, 0.1) is 0 Å². The van der Waals surface area contributed by atoms with E-state index in [4.69, 9.17) is 45.9 Å². The van der Waals surface area contributed by atoms with Crippen molar-refractivity contribution in [2.75, 3.05) is 26.2 Å². The molecule has 0 aliphatic rings. The maximum Gasteiger partial charge on any atom is 2.00 e. The van der Waals surface area contributed by atoms with Crippen LogP contribution in [0.2, 0.25) is 0 Å². The molecule has 4 atom stereocenters. The molecule has 0 spiro atoms. The molecule has 0 rings (SSSR count). The normalized spacial score (nSPS) is 12.4. The number of rotatable bonds is 20. The summed E-state index contributed by atoms with van der Waals surface area (Å²) in [5.41, 5.74) is 41.4. The van der Waals surface area contributed by atoms with Gasteiger partial charge in [-0.2, -0.15) is 0 Å². The molecule has 0 aliphatic heterocycles. The number of carboxylic acids is 4. The van der Waals surface area contributed by atoms with Gasteiger partial charge in [-0.25, -0.2) is 0 Å². The summed E-state index contributed by atoms with van der Waals surface area (Å²) in [7, 11) is 0. The molecular formula is C24H52Ca2N8O8. The molecule has 42 heavy (non-hydrogen) atoms. The minimum atomic E-state index is -1.18. The Morgan fingerprint density at radius 1 is 0.381 bits per heavy atom. The quantitative estimate of drug-likeness (QED) is 0.0444. The molecule has 0 heterocycles.